The number of thioether (sulfide) groups is 1. The molecule has 3 heteroatoms. The first-order valence-corrected chi connectivity index (χ1v) is 7.03. The summed E-state index contributed by atoms with van der Waals surface area (Å²) in [6.07, 6.45) is 4.19. The average molecular weight is 231 g/mol. The molecule has 2 atom stereocenters. The second-order valence-corrected chi connectivity index (χ2v) is 6.59. The smallest absolute Gasteiger partial charge is 0.0666 e. The molecule has 2 N–H and O–H groups in total. The van der Waals surface area contributed by atoms with Crippen LogP contribution in [0.4, 0.5) is 0 Å². The highest BCUT2D eigenvalue weighted by Gasteiger charge is 2.24. The van der Waals surface area contributed by atoms with Crippen molar-refractivity contribution in [3.63, 3.8) is 0 Å². The summed E-state index contributed by atoms with van der Waals surface area (Å²) in [6.45, 7) is 8.43. The molecular weight excluding hydrogens is 206 g/mol. The van der Waals surface area contributed by atoms with Crippen LogP contribution in [0.1, 0.15) is 40.0 Å². The summed E-state index contributed by atoms with van der Waals surface area (Å²) < 4.78 is 5.54. The highest BCUT2D eigenvalue weighted by Crippen LogP contribution is 2.28. The molecule has 15 heavy (non-hydrogen) atoms. The molecule has 2 nitrogen and oxygen atoms in total. The van der Waals surface area contributed by atoms with Crippen molar-refractivity contribution in [2.24, 2.45) is 11.1 Å². The molecule has 0 aromatic carbocycles. The number of nitrogens with two attached hydrogens (primary N) is 1. The zero-order valence-electron chi connectivity index (χ0n) is 10.3. The summed E-state index contributed by atoms with van der Waals surface area (Å²) in [6, 6.07) is 0. The fourth-order valence-corrected chi connectivity index (χ4v) is 3.04. The Bertz CT molecular complexity index is 184. The van der Waals surface area contributed by atoms with Crippen molar-refractivity contribution in [2.75, 3.05) is 18.9 Å². The Morgan fingerprint density at radius 3 is 2.73 bits per heavy atom. The molecule has 1 saturated heterocycles. The van der Waals surface area contributed by atoms with Crippen LogP contribution in [0.3, 0.4) is 0 Å². The van der Waals surface area contributed by atoms with Crippen molar-refractivity contribution in [2.45, 2.75) is 51.4 Å². The van der Waals surface area contributed by atoms with E-state index >= 15 is 0 Å². The van der Waals surface area contributed by atoms with E-state index in [0.29, 0.717) is 11.5 Å². The van der Waals surface area contributed by atoms with Crippen molar-refractivity contribution >= 4 is 11.8 Å². The molecular formula is C12H25NOS. The van der Waals surface area contributed by atoms with Gasteiger partial charge in [-0.05, 0) is 43.9 Å². The summed E-state index contributed by atoms with van der Waals surface area (Å²) in [7, 11) is 0. The predicted octanol–water partition coefficient (Wildman–Crippen LogP) is 2.66. The lowest BCUT2D eigenvalue weighted by atomic mass is 9.88. The molecule has 0 amide bonds. The zero-order chi connectivity index (χ0) is 11.3. The topological polar surface area (TPSA) is 35.2 Å². The van der Waals surface area contributed by atoms with Gasteiger partial charge in [0.1, 0.15) is 0 Å². The Balaban J connectivity index is 2.06. The van der Waals surface area contributed by atoms with E-state index in [1.807, 2.05) is 0 Å². The van der Waals surface area contributed by atoms with Crippen molar-refractivity contribution in [3.05, 3.63) is 0 Å². The number of hydrogen-bond donors (Lipinski definition) is 1. The van der Waals surface area contributed by atoms with Gasteiger partial charge in [-0.3, -0.25) is 0 Å². The zero-order valence-corrected chi connectivity index (χ0v) is 11.1. The minimum Gasteiger partial charge on any atom is -0.377 e. The molecule has 0 bridgehead atoms. The summed E-state index contributed by atoms with van der Waals surface area (Å²) in [5.41, 5.74) is 6.02. The first kappa shape index (κ1) is 13.3. The Morgan fingerprint density at radius 2 is 2.20 bits per heavy atom. The highest BCUT2D eigenvalue weighted by molar-refractivity contribution is 7.99. The van der Waals surface area contributed by atoms with E-state index in [9.17, 15) is 0 Å². The van der Waals surface area contributed by atoms with Crippen molar-refractivity contribution in [3.8, 4) is 0 Å². The van der Waals surface area contributed by atoms with E-state index in [4.69, 9.17) is 10.5 Å². The molecule has 0 aromatic heterocycles. The normalized spacial score (nSPS) is 27.2. The monoisotopic (exact) mass is 231 g/mol. The molecule has 1 aliphatic rings. The standard InChI is InChI=1S/C12H25NOS/c1-10-11(5-7-14-10)15-8-4-6-12(2,3)9-13/h10-11H,4-9,13H2,1-3H3. The van der Waals surface area contributed by atoms with Gasteiger partial charge in [-0.15, -0.1) is 0 Å². The molecule has 0 radical (unpaired) electrons. The first-order valence-electron chi connectivity index (χ1n) is 5.98. The molecule has 90 valence electrons. The summed E-state index contributed by atoms with van der Waals surface area (Å²) in [4.78, 5) is 0. The maximum atomic E-state index is 5.71. The van der Waals surface area contributed by atoms with Crippen LogP contribution in [0.5, 0.6) is 0 Å². The van der Waals surface area contributed by atoms with E-state index in [-0.39, 0.29) is 0 Å². The summed E-state index contributed by atoms with van der Waals surface area (Å²) in [5, 5.41) is 0.728. The lowest BCUT2D eigenvalue weighted by molar-refractivity contribution is 0.127. The van der Waals surface area contributed by atoms with Crippen molar-refractivity contribution in [1.29, 1.82) is 0 Å². The minimum absolute atomic E-state index is 0.318. The Hall–Kier alpha value is 0.270. The van der Waals surface area contributed by atoms with Gasteiger partial charge in [-0.2, -0.15) is 11.8 Å². The van der Waals surface area contributed by atoms with Crippen molar-refractivity contribution < 1.29 is 4.74 Å². The largest absolute Gasteiger partial charge is 0.377 e. The molecule has 1 heterocycles. The lowest BCUT2D eigenvalue weighted by Gasteiger charge is -2.22. The van der Waals surface area contributed by atoms with Gasteiger partial charge in [-0.1, -0.05) is 13.8 Å². The van der Waals surface area contributed by atoms with Gasteiger partial charge in [0.15, 0.2) is 0 Å². The molecule has 2 unspecified atom stereocenters. The van der Waals surface area contributed by atoms with Crippen LogP contribution >= 0.6 is 11.8 Å². The number of hydrogen-bond acceptors (Lipinski definition) is 3. The average Bonchev–Trinajstić information content (AvgIpc) is 2.59. The molecule has 0 aromatic rings. The highest BCUT2D eigenvalue weighted by atomic mass is 32.2. The molecule has 1 fully saturated rings. The fraction of sp³-hybridized carbons (Fsp3) is 1.00. The van der Waals surface area contributed by atoms with Crippen LogP contribution < -0.4 is 5.73 Å². The fourth-order valence-electron chi connectivity index (χ4n) is 1.82. The number of rotatable bonds is 6. The summed E-state index contributed by atoms with van der Waals surface area (Å²) >= 11 is 2.08. The first-order chi connectivity index (χ1) is 7.05. The Labute approximate surface area is 98.3 Å². The molecule has 0 spiro atoms. The predicted molar refractivity (Wildman–Crippen MR) is 68.3 cm³/mol. The van der Waals surface area contributed by atoms with Crippen LogP contribution in [-0.2, 0) is 4.74 Å². The Kier molecular flexibility index (Phi) is 5.44. The molecule has 1 aliphatic heterocycles. The minimum atomic E-state index is 0.318. The van der Waals surface area contributed by atoms with E-state index in [2.05, 4.69) is 32.5 Å². The lowest BCUT2D eigenvalue weighted by Crippen LogP contribution is -2.23. The van der Waals surface area contributed by atoms with Crippen LogP contribution in [-0.4, -0.2) is 30.3 Å². The van der Waals surface area contributed by atoms with E-state index in [1.54, 1.807) is 0 Å². The van der Waals surface area contributed by atoms with Crippen LogP contribution in [0, 0.1) is 5.41 Å². The van der Waals surface area contributed by atoms with Crippen LogP contribution in [0.2, 0.25) is 0 Å². The molecule has 0 aliphatic carbocycles. The van der Waals surface area contributed by atoms with Crippen LogP contribution in [0.15, 0.2) is 0 Å². The maximum absolute atomic E-state index is 5.71. The second-order valence-electron chi connectivity index (χ2n) is 5.25. The third-order valence-electron chi connectivity index (χ3n) is 3.19. The molecule has 1 rings (SSSR count). The van der Waals surface area contributed by atoms with Gasteiger partial charge in [0, 0.05) is 11.9 Å². The third kappa shape index (κ3) is 4.75. The maximum Gasteiger partial charge on any atom is 0.0666 e. The van der Waals surface area contributed by atoms with Gasteiger partial charge in [-0.25, -0.2) is 0 Å². The van der Waals surface area contributed by atoms with Crippen LogP contribution in [0.25, 0.3) is 0 Å². The van der Waals surface area contributed by atoms with Gasteiger partial charge >= 0.3 is 0 Å². The third-order valence-corrected chi connectivity index (χ3v) is 4.76. The summed E-state index contributed by atoms with van der Waals surface area (Å²) in [5.74, 6) is 1.25. The van der Waals surface area contributed by atoms with Gasteiger partial charge in [0.05, 0.1) is 6.10 Å². The van der Waals surface area contributed by atoms with E-state index in [0.717, 1.165) is 18.4 Å². The van der Waals surface area contributed by atoms with Gasteiger partial charge in [0.25, 0.3) is 0 Å². The van der Waals surface area contributed by atoms with E-state index < -0.39 is 0 Å². The van der Waals surface area contributed by atoms with E-state index in [1.165, 1.54) is 25.0 Å². The van der Waals surface area contributed by atoms with Gasteiger partial charge < -0.3 is 10.5 Å². The van der Waals surface area contributed by atoms with Crippen molar-refractivity contribution in [1.82, 2.24) is 0 Å². The second kappa shape index (κ2) is 6.12. The van der Waals surface area contributed by atoms with Gasteiger partial charge in [0.2, 0.25) is 0 Å². The Morgan fingerprint density at radius 1 is 1.47 bits per heavy atom. The SMILES string of the molecule is CC1OCCC1SCCCC(C)(C)CN. The molecule has 0 saturated carbocycles. The number of ether oxygens (including phenoxy) is 1. The quantitative estimate of drug-likeness (QED) is 0.714.